The van der Waals surface area contributed by atoms with Gasteiger partial charge in [-0.2, -0.15) is 0 Å². The molecule has 1 saturated heterocycles. The molecule has 8 heteroatoms. The lowest BCUT2D eigenvalue weighted by Crippen LogP contribution is -2.37. The first-order chi connectivity index (χ1) is 14.5. The molecule has 1 aromatic heterocycles. The Kier molecular flexibility index (Phi) is 5.52. The van der Waals surface area contributed by atoms with E-state index in [-0.39, 0.29) is 4.32 Å². The molecule has 0 aliphatic carbocycles. The van der Waals surface area contributed by atoms with E-state index in [0.29, 0.717) is 16.2 Å². The number of pyridine rings is 1. The number of carboxylic acids is 1. The quantitative estimate of drug-likeness (QED) is 0.473. The van der Waals surface area contributed by atoms with Crippen LogP contribution in [0.4, 0.5) is 0 Å². The van der Waals surface area contributed by atoms with Crippen LogP contribution >= 0.6 is 24.0 Å². The van der Waals surface area contributed by atoms with Crippen LogP contribution in [0.25, 0.3) is 17.0 Å². The van der Waals surface area contributed by atoms with Crippen molar-refractivity contribution in [1.29, 1.82) is 0 Å². The number of benzene rings is 2. The van der Waals surface area contributed by atoms with Gasteiger partial charge >= 0.3 is 5.97 Å². The van der Waals surface area contributed by atoms with E-state index in [9.17, 15) is 14.7 Å². The smallest absolute Gasteiger partial charge is 0.331 e. The monoisotopic (exact) mass is 436 g/mol. The highest BCUT2D eigenvalue weighted by Gasteiger charge is 2.41. The number of carbonyl (C=O) groups is 2. The second-order valence-corrected chi connectivity index (χ2v) is 8.17. The molecule has 0 spiro atoms. The van der Waals surface area contributed by atoms with Gasteiger partial charge in [-0.25, -0.2) is 9.78 Å². The zero-order chi connectivity index (χ0) is 21.3. The van der Waals surface area contributed by atoms with Crippen LogP contribution in [0.15, 0.2) is 65.6 Å². The average molecular weight is 437 g/mol. The molecule has 0 bridgehead atoms. The van der Waals surface area contributed by atoms with E-state index in [0.717, 1.165) is 33.3 Å². The SMILES string of the molecule is COc1ccc2nc(/C=C3/SC(=S)N(C(C(=O)O)c4ccccc4)C3=O)ccc2c1. The summed E-state index contributed by atoms with van der Waals surface area (Å²) in [5.41, 5.74) is 1.83. The Morgan fingerprint density at radius 1 is 1.20 bits per heavy atom. The van der Waals surface area contributed by atoms with Crippen LogP contribution in [-0.4, -0.2) is 38.3 Å². The van der Waals surface area contributed by atoms with Gasteiger partial charge in [0, 0.05) is 5.39 Å². The highest BCUT2D eigenvalue weighted by atomic mass is 32.2. The standard InChI is InChI=1S/C22H16N2O4S2/c1-28-16-9-10-17-14(11-16)7-8-15(23-17)12-18-20(25)24(22(29)30-18)19(21(26)27)13-5-3-2-4-6-13/h2-12,19H,1H3,(H,26,27)/b18-12+. The van der Waals surface area contributed by atoms with Crippen LogP contribution in [0.1, 0.15) is 17.3 Å². The van der Waals surface area contributed by atoms with Crippen LogP contribution < -0.4 is 4.74 Å². The largest absolute Gasteiger partial charge is 0.497 e. The molecule has 1 atom stereocenters. The molecule has 0 saturated carbocycles. The van der Waals surface area contributed by atoms with Crippen LogP contribution in [0, 0.1) is 0 Å². The van der Waals surface area contributed by atoms with E-state index in [1.807, 2.05) is 24.3 Å². The summed E-state index contributed by atoms with van der Waals surface area (Å²) in [6.07, 6.45) is 1.63. The Bertz CT molecular complexity index is 1190. The number of thioether (sulfide) groups is 1. The van der Waals surface area contributed by atoms with Crippen molar-refractivity contribution in [1.82, 2.24) is 9.88 Å². The topological polar surface area (TPSA) is 79.7 Å². The summed E-state index contributed by atoms with van der Waals surface area (Å²) in [5.74, 6) is -0.854. The van der Waals surface area contributed by atoms with Crippen LogP contribution in [0.5, 0.6) is 5.75 Å². The molecule has 3 aromatic rings. The Balaban J connectivity index is 1.67. The Hall–Kier alpha value is -3.23. The number of carbonyl (C=O) groups excluding carboxylic acids is 1. The highest BCUT2D eigenvalue weighted by molar-refractivity contribution is 8.26. The van der Waals surface area contributed by atoms with Gasteiger partial charge < -0.3 is 9.84 Å². The van der Waals surface area contributed by atoms with Crippen LogP contribution in [0.2, 0.25) is 0 Å². The molecular weight excluding hydrogens is 420 g/mol. The number of aliphatic carboxylic acids is 1. The van der Waals surface area contributed by atoms with Gasteiger partial charge in [0.25, 0.3) is 5.91 Å². The molecule has 1 aliphatic rings. The van der Waals surface area contributed by atoms with E-state index in [1.54, 1.807) is 49.6 Å². The summed E-state index contributed by atoms with van der Waals surface area (Å²) < 4.78 is 5.42. The van der Waals surface area contributed by atoms with Gasteiger partial charge in [0.2, 0.25) is 0 Å². The summed E-state index contributed by atoms with van der Waals surface area (Å²) in [5, 5.41) is 10.7. The first kappa shape index (κ1) is 20.1. The minimum Gasteiger partial charge on any atom is -0.497 e. The number of ether oxygens (including phenoxy) is 1. The molecular formula is C22H16N2O4S2. The Labute approximate surface area is 182 Å². The number of nitrogens with zero attached hydrogens (tertiary/aromatic N) is 2. The van der Waals surface area contributed by atoms with Crippen molar-refractivity contribution < 1.29 is 19.4 Å². The van der Waals surface area contributed by atoms with Crippen molar-refractivity contribution in [3.8, 4) is 5.75 Å². The maximum absolute atomic E-state index is 13.0. The molecule has 1 unspecified atom stereocenters. The fraction of sp³-hybridized carbons (Fsp3) is 0.0909. The molecule has 2 heterocycles. The molecule has 6 nitrogen and oxygen atoms in total. The van der Waals surface area contributed by atoms with E-state index >= 15 is 0 Å². The van der Waals surface area contributed by atoms with Crippen molar-refractivity contribution in [2.75, 3.05) is 7.11 Å². The summed E-state index contributed by atoms with van der Waals surface area (Å²) in [6, 6.07) is 16.6. The molecule has 1 amide bonds. The van der Waals surface area contributed by atoms with Crippen LogP contribution in [0.3, 0.4) is 0 Å². The third-order valence-electron chi connectivity index (χ3n) is 4.63. The molecule has 4 rings (SSSR count). The van der Waals surface area contributed by atoms with Crippen molar-refractivity contribution in [2.24, 2.45) is 0 Å². The predicted molar refractivity (Wildman–Crippen MR) is 120 cm³/mol. The number of amides is 1. The lowest BCUT2D eigenvalue weighted by molar-refractivity contribution is -0.145. The van der Waals surface area contributed by atoms with Gasteiger partial charge in [0.1, 0.15) is 10.1 Å². The minimum atomic E-state index is -1.18. The maximum Gasteiger partial charge on any atom is 0.331 e. The zero-order valence-corrected chi connectivity index (χ0v) is 17.4. The van der Waals surface area contributed by atoms with Gasteiger partial charge in [-0.05, 0) is 35.9 Å². The number of fused-ring (bicyclic) bond motifs is 1. The number of rotatable bonds is 5. The molecule has 2 aromatic carbocycles. The second-order valence-electron chi connectivity index (χ2n) is 6.50. The number of aromatic nitrogens is 1. The minimum absolute atomic E-state index is 0.202. The normalized spacial score (nSPS) is 16.3. The van der Waals surface area contributed by atoms with Crippen molar-refractivity contribution in [2.45, 2.75) is 6.04 Å². The third kappa shape index (κ3) is 3.79. The molecule has 1 N–H and O–H groups in total. The van der Waals surface area contributed by atoms with Crippen molar-refractivity contribution in [3.05, 3.63) is 76.8 Å². The highest BCUT2D eigenvalue weighted by Crippen LogP contribution is 2.38. The van der Waals surface area contributed by atoms with Gasteiger partial charge in [-0.1, -0.05) is 60.4 Å². The number of methoxy groups -OCH3 is 1. The Morgan fingerprint density at radius 3 is 2.67 bits per heavy atom. The van der Waals surface area contributed by atoms with Crippen molar-refractivity contribution in [3.63, 3.8) is 0 Å². The molecule has 1 fully saturated rings. The van der Waals surface area contributed by atoms with Crippen LogP contribution in [-0.2, 0) is 9.59 Å². The summed E-state index contributed by atoms with van der Waals surface area (Å²) in [6.45, 7) is 0. The second kappa shape index (κ2) is 8.25. The summed E-state index contributed by atoms with van der Waals surface area (Å²) >= 11 is 6.41. The number of hydrogen-bond acceptors (Lipinski definition) is 6. The summed E-state index contributed by atoms with van der Waals surface area (Å²) in [4.78, 5) is 31.0. The van der Waals surface area contributed by atoms with Gasteiger partial charge in [-0.3, -0.25) is 9.69 Å². The van der Waals surface area contributed by atoms with E-state index < -0.39 is 17.9 Å². The molecule has 150 valence electrons. The van der Waals surface area contributed by atoms with Gasteiger partial charge in [0.15, 0.2) is 6.04 Å². The summed E-state index contributed by atoms with van der Waals surface area (Å²) in [7, 11) is 1.60. The maximum atomic E-state index is 13.0. The molecule has 30 heavy (non-hydrogen) atoms. The number of thiocarbonyl (C=S) groups is 1. The average Bonchev–Trinajstić information content (AvgIpc) is 3.02. The van der Waals surface area contributed by atoms with Gasteiger partial charge in [-0.15, -0.1) is 0 Å². The van der Waals surface area contributed by atoms with E-state index in [2.05, 4.69) is 4.98 Å². The lowest BCUT2D eigenvalue weighted by Gasteiger charge is -2.23. The Morgan fingerprint density at radius 2 is 1.97 bits per heavy atom. The van der Waals surface area contributed by atoms with Gasteiger partial charge in [0.05, 0.1) is 23.2 Å². The third-order valence-corrected chi connectivity index (χ3v) is 5.96. The van der Waals surface area contributed by atoms with E-state index in [4.69, 9.17) is 17.0 Å². The predicted octanol–water partition coefficient (Wildman–Crippen LogP) is 4.27. The first-order valence-electron chi connectivity index (χ1n) is 8.97. The molecule has 1 aliphatic heterocycles. The zero-order valence-electron chi connectivity index (χ0n) is 15.8. The van der Waals surface area contributed by atoms with Crippen molar-refractivity contribution >= 4 is 57.2 Å². The lowest BCUT2D eigenvalue weighted by atomic mass is 10.1. The fourth-order valence-corrected chi connectivity index (χ4v) is 4.50. The number of carboxylic acid groups (broad SMARTS) is 1. The first-order valence-corrected chi connectivity index (χ1v) is 10.2. The van der Waals surface area contributed by atoms with E-state index in [1.165, 1.54) is 0 Å². The molecule has 0 radical (unpaired) electrons. The fourth-order valence-electron chi connectivity index (χ4n) is 3.20. The number of hydrogen-bond donors (Lipinski definition) is 1.